The Morgan fingerprint density at radius 3 is 2.71 bits per heavy atom. The van der Waals surface area contributed by atoms with Crippen LogP contribution in [-0.4, -0.2) is 43.7 Å². The van der Waals surface area contributed by atoms with Crippen molar-refractivity contribution in [2.75, 3.05) is 20.7 Å². The van der Waals surface area contributed by atoms with Gasteiger partial charge in [-0.15, -0.1) is 5.17 Å². The maximum Gasteiger partial charge on any atom is 0.234 e. The smallest absolute Gasteiger partial charge is 0.234 e. The molecule has 1 fully saturated rings. The molecular formula is C10H22N6O. The molecule has 0 aromatic carbocycles. The van der Waals surface area contributed by atoms with Crippen molar-refractivity contribution in [3.63, 3.8) is 0 Å². The average molecular weight is 242 g/mol. The summed E-state index contributed by atoms with van der Waals surface area (Å²) in [7, 11) is 3.16. The number of nitrogens with two attached hydrogens (primary N) is 1. The molecule has 1 heterocycles. The Morgan fingerprint density at radius 1 is 1.59 bits per heavy atom. The molecule has 0 spiro atoms. The summed E-state index contributed by atoms with van der Waals surface area (Å²) in [6, 6.07) is 0.552. The van der Waals surface area contributed by atoms with Crippen LogP contribution >= 0.6 is 0 Å². The van der Waals surface area contributed by atoms with Crippen LogP contribution in [0.4, 0.5) is 0 Å². The van der Waals surface area contributed by atoms with E-state index in [4.69, 9.17) is 16.0 Å². The fraction of sp³-hybridized carbons (Fsp3) is 0.800. The zero-order valence-electron chi connectivity index (χ0n) is 10.7. The summed E-state index contributed by atoms with van der Waals surface area (Å²) in [6.45, 7) is 3.04. The van der Waals surface area contributed by atoms with E-state index in [1.165, 1.54) is 7.11 Å². The van der Waals surface area contributed by atoms with Crippen LogP contribution in [0.2, 0.25) is 0 Å². The molecule has 0 radical (unpaired) electrons. The van der Waals surface area contributed by atoms with Gasteiger partial charge in [-0.2, -0.15) is 0 Å². The Balaban J connectivity index is 2.57. The van der Waals surface area contributed by atoms with Crippen molar-refractivity contribution in [3.8, 4) is 0 Å². The second kappa shape index (κ2) is 6.41. The summed E-state index contributed by atoms with van der Waals surface area (Å²) < 4.78 is 0. The van der Waals surface area contributed by atoms with Gasteiger partial charge in [0.15, 0.2) is 0 Å². The Labute approximate surface area is 102 Å². The van der Waals surface area contributed by atoms with Gasteiger partial charge >= 0.3 is 0 Å². The molecule has 0 aromatic rings. The highest BCUT2D eigenvalue weighted by atomic mass is 16.7. The van der Waals surface area contributed by atoms with Gasteiger partial charge in [0.2, 0.25) is 5.96 Å². The molecular weight excluding hydrogens is 220 g/mol. The molecule has 2 atom stereocenters. The van der Waals surface area contributed by atoms with Gasteiger partial charge < -0.3 is 11.1 Å². The van der Waals surface area contributed by atoms with E-state index in [0.29, 0.717) is 12.0 Å². The zero-order valence-corrected chi connectivity index (χ0v) is 10.7. The highest BCUT2D eigenvalue weighted by Gasteiger charge is 2.23. The molecule has 7 heteroatoms. The van der Waals surface area contributed by atoms with Crippen molar-refractivity contribution in [1.82, 2.24) is 15.9 Å². The number of amidine groups is 1. The average Bonchev–Trinajstić information content (AvgIpc) is 2.32. The van der Waals surface area contributed by atoms with E-state index in [0.717, 1.165) is 30.4 Å². The van der Waals surface area contributed by atoms with Crippen molar-refractivity contribution in [2.45, 2.75) is 25.8 Å². The number of nitrogens with zero attached hydrogens (tertiary/aromatic N) is 2. The first-order valence-electron chi connectivity index (χ1n) is 5.73. The molecule has 1 aliphatic heterocycles. The highest BCUT2D eigenvalue weighted by Crippen LogP contribution is 2.15. The Hall–Kier alpha value is -1.34. The van der Waals surface area contributed by atoms with Crippen LogP contribution in [0.3, 0.4) is 0 Å². The number of piperidine rings is 1. The third kappa shape index (κ3) is 3.86. The third-order valence-electron chi connectivity index (χ3n) is 2.91. The quantitative estimate of drug-likeness (QED) is 0.302. The Morgan fingerprint density at radius 2 is 2.29 bits per heavy atom. The van der Waals surface area contributed by atoms with Gasteiger partial charge in [-0.05, 0) is 19.8 Å². The fourth-order valence-corrected chi connectivity index (χ4v) is 1.86. The third-order valence-corrected chi connectivity index (χ3v) is 2.91. The molecule has 0 aliphatic carbocycles. The van der Waals surface area contributed by atoms with Crippen LogP contribution in [0.15, 0.2) is 4.99 Å². The Kier molecular flexibility index (Phi) is 5.17. The van der Waals surface area contributed by atoms with E-state index >= 15 is 0 Å². The van der Waals surface area contributed by atoms with E-state index in [-0.39, 0.29) is 5.96 Å². The van der Waals surface area contributed by atoms with Gasteiger partial charge in [0, 0.05) is 25.6 Å². The molecule has 17 heavy (non-hydrogen) atoms. The van der Waals surface area contributed by atoms with E-state index in [2.05, 4.69) is 22.7 Å². The topological polar surface area (TPSA) is 98.8 Å². The number of hydrogen-bond donors (Lipinski definition) is 4. The van der Waals surface area contributed by atoms with Crippen LogP contribution in [0, 0.1) is 11.3 Å². The van der Waals surface area contributed by atoms with Crippen LogP contribution in [0.5, 0.6) is 0 Å². The number of guanidine groups is 1. The van der Waals surface area contributed by atoms with E-state index in [9.17, 15) is 0 Å². The van der Waals surface area contributed by atoms with Crippen molar-refractivity contribution < 1.29 is 4.84 Å². The molecule has 1 saturated heterocycles. The molecule has 0 aromatic heterocycles. The molecule has 1 rings (SSSR count). The van der Waals surface area contributed by atoms with Crippen LogP contribution in [0.25, 0.3) is 0 Å². The lowest BCUT2D eigenvalue weighted by atomic mass is 9.94. The van der Waals surface area contributed by atoms with E-state index < -0.39 is 0 Å². The van der Waals surface area contributed by atoms with Gasteiger partial charge in [-0.25, -0.2) is 0 Å². The summed E-state index contributed by atoms with van der Waals surface area (Å²) in [5.41, 5.74) is 8.26. The van der Waals surface area contributed by atoms with Crippen molar-refractivity contribution in [2.24, 2.45) is 16.6 Å². The lowest BCUT2D eigenvalue weighted by Crippen LogP contribution is -2.53. The van der Waals surface area contributed by atoms with Crippen LogP contribution in [0.1, 0.15) is 19.8 Å². The van der Waals surface area contributed by atoms with Crippen LogP contribution < -0.4 is 16.5 Å². The maximum atomic E-state index is 7.31. The molecule has 0 bridgehead atoms. The minimum absolute atomic E-state index is 0.203. The second-order valence-electron chi connectivity index (χ2n) is 4.17. The minimum Gasteiger partial charge on any atom is -0.367 e. The molecule has 0 amide bonds. The highest BCUT2D eigenvalue weighted by molar-refractivity contribution is 5.86. The fourth-order valence-electron chi connectivity index (χ4n) is 1.86. The summed E-state index contributed by atoms with van der Waals surface area (Å²) in [5, 5.41) is 11.8. The van der Waals surface area contributed by atoms with E-state index in [1.807, 2.05) is 0 Å². The molecule has 1 aliphatic rings. The number of nitrogens with one attached hydrogen (secondary N) is 3. The van der Waals surface area contributed by atoms with Crippen molar-refractivity contribution in [3.05, 3.63) is 0 Å². The summed E-state index contributed by atoms with van der Waals surface area (Å²) in [6.07, 6.45) is 2.17. The predicted octanol–water partition coefficient (Wildman–Crippen LogP) is -0.336. The summed E-state index contributed by atoms with van der Waals surface area (Å²) >= 11 is 0. The zero-order chi connectivity index (χ0) is 12.8. The van der Waals surface area contributed by atoms with Gasteiger partial charge in [-0.3, -0.25) is 20.7 Å². The minimum atomic E-state index is -0.203. The monoisotopic (exact) mass is 242 g/mol. The molecule has 2 unspecified atom stereocenters. The van der Waals surface area contributed by atoms with Gasteiger partial charge in [0.1, 0.15) is 5.84 Å². The molecule has 98 valence electrons. The van der Waals surface area contributed by atoms with Gasteiger partial charge in [-0.1, -0.05) is 0 Å². The predicted molar refractivity (Wildman–Crippen MR) is 67.4 cm³/mol. The SMILES string of the molecule is CN=C(NN(OC)C(=N)N)C1CCC(C)NC1. The largest absolute Gasteiger partial charge is 0.367 e. The lowest BCUT2D eigenvalue weighted by molar-refractivity contribution is -0.0914. The van der Waals surface area contributed by atoms with Gasteiger partial charge in [0.25, 0.3) is 0 Å². The van der Waals surface area contributed by atoms with E-state index in [1.54, 1.807) is 7.05 Å². The first-order valence-corrected chi connectivity index (χ1v) is 5.73. The first kappa shape index (κ1) is 13.7. The normalized spacial score (nSPS) is 25.5. The van der Waals surface area contributed by atoms with Gasteiger partial charge in [0.05, 0.1) is 7.11 Å². The molecule has 5 N–H and O–H groups in total. The van der Waals surface area contributed by atoms with Crippen molar-refractivity contribution >= 4 is 11.8 Å². The van der Waals surface area contributed by atoms with Crippen molar-refractivity contribution in [1.29, 1.82) is 5.41 Å². The first-order chi connectivity index (χ1) is 8.08. The number of rotatable bonds is 2. The standard InChI is InChI=1S/C10H22N6O/c1-7-4-5-8(6-14-7)9(13-2)15-16(17-3)10(11)12/h7-8,14H,4-6H2,1-3H3,(H3,11,12)(H,13,15). The Bertz CT molecular complexity index is 285. The maximum absolute atomic E-state index is 7.31. The molecule has 7 nitrogen and oxygen atoms in total. The number of aliphatic imine (C=N–C) groups is 1. The summed E-state index contributed by atoms with van der Waals surface area (Å²) in [4.78, 5) is 9.13. The van der Waals surface area contributed by atoms with Crippen LogP contribution in [-0.2, 0) is 4.84 Å². The summed E-state index contributed by atoms with van der Waals surface area (Å²) in [5.74, 6) is 0.875. The number of hydrazine groups is 1. The lowest BCUT2D eigenvalue weighted by Gasteiger charge is -2.31. The number of hydrogen-bond acceptors (Lipinski definition) is 4. The molecule has 0 saturated carbocycles. The number of hydroxylamine groups is 1. The second-order valence-corrected chi connectivity index (χ2v) is 4.17.